The van der Waals surface area contributed by atoms with E-state index in [1.54, 1.807) is 17.0 Å². The number of thiazole rings is 1. The number of carbonyl (C=O) groups excluding carboxylic acids is 1. The minimum Gasteiger partial charge on any atom is -0.494 e. The Morgan fingerprint density at radius 2 is 1.92 bits per heavy atom. The highest BCUT2D eigenvalue weighted by Crippen LogP contribution is 2.33. The number of halogens is 1. The van der Waals surface area contributed by atoms with Gasteiger partial charge in [0.25, 0.3) is 15.9 Å². The third-order valence-electron chi connectivity index (χ3n) is 6.05. The Balaban J connectivity index is 1.39. The van der Waals surface area contributed by atoms with Gasteiger partial charge in [-0.2, -0.15) is 0 Å². The molecule has 2 heterocycles. The molecule has 1 atom stereocenters. The summed E-state index contributed by atoms with van der Waals surface area (Å²) in [6, 6.07) is 16.3. The topological polar surface area (TPSA) is 97.8 Å². The van der Waals surface area contributed by atoms with Gasteiger partial charge in [-0.3, -0.25) is 14.4 Å². The maximum absolute atomic E-state index is 13.7. The van der Waals surface area contributed by atoms with Crippen molar-refractivity contribution in [2.75, 3.05) is 29.4 Å². The van der Waals surface area contributed by atoms with Crippen molar-refractivity contribution in [3.8, 4) is 5.75 Å². The van der Waals surface area contributed by atoms with Gasteiger partial charge in [-0.05, 0) is 86.5 Å². The molecule has 5 rings (SSSR count). The summed E-state index contributed by atoms with van der Waals surface area (Å²) >= 11 is 1.40. The molecule has 1 unspecified atom stereocenters. The fraction of sp³-hybridized carbons (Fsp3) is 0.259. The summed E-state index contributed by atoms with van der Waals surface area (Å²) in [5, 5.41) is 0.551. The summed E-state index contributed by atoms with van der Waals surface area (Å²) in [7, 11) is -3.91. The molecule has 0 spiro atoms. The molecule has 0 bridgehead atoms. The Morgan fingerprint density at radius 1 is 1.16 bits per heavy atom. The van der Waals surface area contributed by atoms with Crippen molar-refractivity contribution in [2.24, 2.45) is 0 Å². The maximum atomic E-state index is 13.7. The fourth-order valence-corrected chi connectivity index (χ4v) is 6.23. The van der Waals surface area contributed by atoms with Crippen molar-refractivity contribution in [3.63, 3.8) is 0 Å². The number of nitrogens with zero attached hydrogens (tertiary/aromatic N) is 2. The Labute approximate surface area is 224 Å². The predicted octanol–water partition coefficient (Wildman–Crippen LogP) is 5.46. The number of aromatic nitrogens is 1. The molecule has 0 radical (unpaired) electrons. The lowest BCUT2D eigenvalue weighted by atomic mass is 10.1. The van der Waals surface area contributed by atoms with Gasteiger partial charge in [-0.25, -0.2) is 17.8 Å². The van der Waals surface area contributed by atoms with Crippen LogP contribution in [0.3, 0.4) is 0 Å². The molecule has 198 valence electrons. The molecule has 1 aliphatic heterocycles. The van der Waals surface area contributed by atoms with Gasteiger partial charge in [0.15, 0.2) is 5.13 Å². The van der Waals surface area contributed by atoms with E-state index in [4.69, 9.17) is 14.5 Å². The van der Waals surface area contributed by atoms with Gasteiger partial charge in [-0.15, -0.1) is 0 Å². The van der Waals surface area contributed by atoms with E-state index in [1.165, 1.54) is 35.6 Å². The molecule has 4 aromatic rings. The quantitative estimate of drug-likeness (QED) is 0.295. The molecule has 1 aromatic heterocycles. The number of fused-ring (bicyclic) bond motifs is 1. The van der Waals surface area contributed by atoms with Crippen LogP contribution >= 0.6 is 11.3 Å². The second-order valence-electron chi connectivity index (χ2n) is 8.75. The smallest absolute Gasteiger partial charge is 0.261 e. The zero-order valence-corrected chi connectivity index (χ0v) is 22.2. The SMILES string of the molecule is CCOc1ccc2nc(N(CC3CCCO3)C(=O)c3ccc(NS(=O)(=O)c4ccc(F)cc4)cc3)sc2c1. The van der Waals surface area contributed by atoms with Crippen LogP contribution in [0.4, 0.5) is 15.2 Å². The van der Waals surface area contributed by atoms with Gasteiger partial charge in [0, 0.05) is 17.9 Å². The van der Waals surface area contributed by atoms with Crippen LogP contribution in [0.25, 0.3) is 10.2 Å². The number of hydrogen-bond acceptors (Lipinski definition) is 7. The molecule has 8 nitrogen and oxygen atoms in total. The number of ether oxygens (including phenoxy) is 2. The number of carbonyl (C=O) groups is 1. The number of nitrogens with one attached hydrogen (secondary N) is 1. The van der Waals surface area contributed by atoms with Crippen LogP contribution in [0.5, 0.6) is 5.75 Å². The molecule has 3 aromatic carbocycles. The molecule has 11 heteroatoms. The summed E-state index contributed by atoms with van der Waals surface area (Å²) in [6.45, 7) is 3.49. The van der Waals surface area contributed by atoms with Crippen LogP contribution in [0.15, 0.2) is 71.6 Å². The molecular formula is C27H26FN3O5S2. The van der Waals surface area contributed by atoms with E-state index in [1.807, 2.05) is 25.1 Å². The van der Waals surface area contributed by atoms with Gasteiger partial charge < -0.3 is 9.47 Å². The van der Waals surface area contributed by atoms with Crippen molar-refractivity contribution in [1.29, 1.82) is 0 Å². The molecule has 0 saturated carbocycles. The summed E-state index contributed by atoms with van der Waals surface area (Å²) in [6.07, 6.45) is 1.70. The third kappa shape index (κ3) is 5.79. The van der Waals surface area contributed by atoms with E-state index < -0.39 is 15.8 Å². The second kappa shape index (κ2) is 11.1. The van der Waals surface area contributed by atoms with E-state index in [-0.39, 0.29) is 22.6 Å². The molecule has 1 aliphatic rings. The van der Waals surface area contributed by atoms with Crippen LogP contribution in [0, 0.1) is 5.82 Å². The summed E-state index contributed by atoms with van der Waals surface area (Å²) in [5.41, 5.74) is 1.42. The largest absolute Gasteiger partial charge is 0.494 e. The highest BCUT2D eigenvalue weighted by Gasteiger charge is 2.27. The van der Waals surface area contributed by atoms with Gasteiger partial charge in [0.05, 0.1) is 34.4 Å². The van der Waals surface area contributed by atoms with Gasteiger partial charge in [-0.1, -0.05) is 11.3 Å². The average molecular weight is 556 g/mol. The van der Waals surface area contributed by atoms with Crippen LogP contribution in [-0.2, 0) is 14.8 Å². The van der Waals surface area contributed by atoms with E-state index in [0.717, 1.165) is 40.9 Å². The standard InChI is InChI=1S/C27H26FN3O5S2/c1-2-35-21-11-14-24-25(16-21)37-27(29-24)31(17-22-4-3-15-36-22)26(32)18-5-9-20(10-6-18)30-38(33,34)23-12-7-19(28)8-13-23/h5-14,16,22,30H,2-4,15,17H2,1H3. The summed E-state index contributed by atoms with van der Waals surface area (Å²) in [4.78, 5) is 19.9. The first kappa shape index (κ1) is 26.1. The lowest BCUT2D eigenvalue weighted by Gasteiger charge is -2.23. The predicted molar refractivity (Wildman–Crippen MR) is 145 cm³/mol. The van der Waals surface area contributed by atoms with E-state index >= 15 is 0 Å². The molecule has 1 N–H and O–H groups in total. The number of rotatable bonds is 9. The normalized spacial score (nSPS) is 15.5. The first-order chi connectivity index (χ1) is 18.3. The second-order valence-corrected chi connectivity index (χ2v) is 11.4. The lowest BCUT2D eigenvalue weighted by molar-refractivity contribution is 0.0917. The lowest BCUT2D eigenvalue weighted by Crippen LogP contribution is -2.37. The van der Waals surface area contributed by atoms with Crippen molar-refractivity contribution in [2.45, 2.75) is 30.8 Å². The number of amides is 1. The van der Waals surface area contributed by atoms with E-state index in [0.29, 0.717) is 30.5 Å². The van der Waals surface area contributed by atoms with Crippen molar-refractivity contribution in [1.82, 2.24) is 4.98 Å². The average Bonchev–Trinajstić information content (AvgIpc) is 3.57. The van der Waals surface area contributed by atoms with Gasteiger partial charge in [0.2, 0.25) is 0 Å². The fourth-order valence-electron chi connectivity index (χ4n) is 4.17. The minimum absolute atomic E-state index is 0.0647. The summed E-state index contributed by atoms with van der Waals surface area (Å²) in [5.74, 6) is -0.0503. The van der Waals surface area contributed by atoms with E-state index in [9.17, 15) is 17.6 Å². The summed E-state index contributed by atoms with van der Waals surface area (Å²) < 4.78 is 53.2. The maximum Gasteiger partial charge on any atom is 0.261 e. The van der Waals surface area contributed by atoms with E-state index in [2.05, 4.69) is 4.72 Å². The molecule has 0 aliphatic carbocycles. The highest BCUT2D eigenvalue weighted by molar-refractivity contribution is 7.92. The Morgan fingerprint density at radius 3 is 2.61 bits per heavy atom. The first-order valence-electron chi connectivity index (χ1n) is 12.2. The highest BCUT2D eigenvalue weighted by atomic mass is 32.2. The molecule has 38 heavy (non-hydrogen) atoms. The van der Waals surface area contributed by atoms with Crippen LogP contribution < -0.4 is 14.4 Å². The minimum atomic E-state index is -3.91. The van der Waals surface area contributed by atoms with Crippen molar-refractivity contribution in [3.05, 3.63) is 78.1 Å². The molecule has 1 saturated heterocycles. The Bertz CT molecular complexity index is 1530. The van der Waals surface area contributed by atoms with Crippen LogP contribution in [0.2, 0.25) is 0 Å². The van der Waals surface area contributed by atoms with Crippen molar-refractivity contribution < 1.29 is 27.1 Å². The zero-order valence-electron chi connectivity index (χ0n) is 20.6. The number of benzene rings is 3. The number of hydrogen-bond donors (Lipinski definition) is 1. The molecule has 1 fully saturated rings. The Hall–Kier alpha value is -3.54. The Kier molecular flexibility index (Phi) is 7.59. The van der Waals surface area contributed by atoms with Crippen LogP contribution in [0.1, 0.15) is 30.1 Å². The third-order valence-corrected chi connectivity index (χ3v) is 8.49. The molecule has 1 amide bonds. The number of sulfonamides is 1. The monoisotopic (exact) mass is 555 g/mol. The zero-order chi connectivity index (χ0) is 26.7. The van der Waals surface area contributed by atoms with Gasteiger partial charge >= 0.3 is 0 Å². The van der Waals surface area contributed by atoms with Gasteiger partial charge in [0.1, 0.15) is 11.6 Å². The van der Waals surface area contributed by atoms with Crippen LogP contribution in [-0.4, -0.2) is 45.2 Å². The van der Waals surface area contributed by atoms with Crippen molar-refractivity contribution >= 4 is 48.3 Å². The first-order valence-corrected chi connectivity index (χ1v) is 14.5. The molecular weight excluding hydrogens is 529 g/mol. The number of anilines is 2.